The van der Waals surface area contributed by atoms with Crippen LogP contribution in [0.1, 0.15) is 13.8 Å². The lowest BCUT2D eigenvalue weighted by atomic mass is 10.2. The number of benzene rings is 1. The number of carbonyl (C=O) groups is 1. The van der Waals surface area contributed by atoms with Gasteiger partial charge in [-0.1, -0.05) is 11.6 Å². The maximum absolute atomic E-state index is 11.9. The van der Waals surface area contributed by atoms with Crippen molar-refractivity contribution in [3.63, 3.8) is 0 Å². The maximum atomic E-state index is 11.9. The summed E-state index contributed by atoms with van der Waals surface area (Å²) in [6.07, 6.45) is 0.342. The van der Waals surface area contributed by atoms with E-state index < -0.39 is 0 Å². The van der Waals surface area contributed by atoms with Crippen molar-refractivity contribution in [3.05, 3.63) is 29.3 Å². The molecule has 0 aliphatic carbocycles. The first kappa shape index (κ1) is 17.1. The second kappa shape index (κ2) is 8.36. The first-order valence-corrected chi connectivity index (χ1v) is 7.93. The second-order valence-corrected chi connectivity index (χ2v) is 6.04. The molecule has 0 bridgehead atoms. The SMILES string of the molecule is C[C@H]1CN(CC(=O)NCCOc2ccc(Cl)cc2)C[C@H](C)O1. The molecule has 2 rings (SSSR count). The molecular formula is C16H23ClN2O3. The van der Waals surface area contributed by atoms with Gasteiger partial charge in [-0.25, -0.2) is 0 Å². The van der Waals surface area contributed by atoms with Crippen LogP contribution in [0, 0.1) is 0 Å². The van der Waals surface area contributed by atoms with E-state index in [2.05, 4.69) is 10.2 Å². The Morgan fingerprint density at radius 1 is 1.32 bits per heavy atom. The Labute approximate surface area is 136 Å². The molecule has 22 heavy (non-hydrogen) atoms. The largest absolute Gasteiger partial charge is 0.492 e. The Morgan fingerprint density at radius 2 is 1.95 bits per heavy atom. The summed E-state index contributed by atoms with van der Waals surface area (Å²) in [5.41, 5.74) is 0. The van der Waals surface area contributed by atoms with Gasteiger partial charge in [0, 0.05) is 18.1 Å². The van der Waals surface area contributed by atoms with Crippen LogP contribution >= 0.6 is 11.6 Å². The minimum absolute atomic E-state index is 0.0148. The highest BCUT2D eigenvalue weighted by Gasteiger charge is 2.23. The van der Waals surface area contributed by atoms with Gasteiger partial charge in [-0.05, 0) is 38.1 Å². The summed E-state index contributed by atoms with van der Waals surface area (Å²) >= 11 is 5.80. The molecule has 0 spiro atoms. The molecule has 0 aromatic heterocycles. The molecule has 6 heteroatoms. The molecule has 0 saturated carbocycles. The van der Waals surface area contributed by atoms with Crippen molar-refractivity contribution in [2.45, 2.75) is 26.1 Å². The number of rotatable bonds is 6. The second-order valence-electron chi connectivity index (χ2n) is 5.60. The Balaban J connectivity index is 1.62. The normalized spacial score (nSPS) is 22.3. The highest BCUT2D eigenvalue weighted by atomic mass is 35.5. The van der Waals surface area contributed by atoms with Crippen LogP contribution < -0.4 is 10.1 Å². The summed E-state index contributed by atoms with van der Waals surface area (Å²) in [6, 6.07) is 7.16. The zero-order valence-electron chi connectivity index (χ0n) is 13.0. The highest BCUT2D eigenvalue weighted by Crippen LogP contribution is 2.15. The van der Waals surface area contributed by atoms with Crippen LogP contribution in [-0.2, 0) is 9.53 Å². The zero-order chi connectivity index (χ0) is 15.9. The van der Waals surface area contributed by atoms with Crippen LogP contribution in [0.5, 0.6) is 5.75 Å². The van der Waals surface area contributed by atoms with E-state index in [1.807, 2.05) is 13.8 Å². The predicted octanol–water partition coefficient (Wildman–Crippen LogP) is 1.94. The van der Waals surface area contributed by atoms with E-state index in [4.69, 9.17) is 21.1 Å². The van der Waals surface area contributed by atoms with Gasteiger partial charge >= 0.3 is 0 Å². The van der Waals surface area contributed by atoms with Crippen molar-refractivity contribution in [1.29, 1.82) is 0 Å². The van der Waals surface area contributed by atoms with Crippen molar-refractivity contribution < 1.29 is 14.3 Å². The number of nitrogens with zero attached hydrogens (tertiary/aromatic N) is 1. The molecule has 1 N–H and O–H groups in total. The summed E-state index contributed by atoms with van der Waals surface area (Å²) in [5.74, 6) is 0.760. The molecule has 5 nitrogen and oxygen atoms in total. The van der Waals surface area contributed by atoms with Crippen molar-refractivity contribution >= 4 is 17.5 Å². The van der Waals surface area contributed by atoms with E-state index in [-0.39, 0.29) is 18.1 Å². The lowest BCUT2D eigenvalue weighted by Crippen LogP contribution is -2.49. The molecular weight excluding hydrogens is 304 g/mol. The van der Waals surface area contributed by atoms with E-state index in [0.29, 0.717) is 24.7 Å². The van der Waals surface area contributed by atoms with Crippen molar-refractivity contribution in [2.24, 2.45) is 0 Å². The van der Waals surface area contributed by atoms with Crippen molar-refractivity contribution in [3.8, 4) is 5.75 Å². The number of hydrogen-bond donors (Lipinski definition) is 1. The third kappa shape index (κ3) is 5.83. The monoisotopic (exact) mass is 326 g/mol. The van der Waals surface area contributed by atoms with E-state index in [9.17, 15) is 4.79 Å². The molecule has 1 aliphatic rings. The average molecular weight is 327 g/mol. The predicted molar refractivity (Wildman–Crippen MR) is 86.4 cm³/mol. The summed E-state index contributed by atoms with van der Waals surface area (Å²) in [4.78, 5) is 14.0. The zero-order valence-corrected chi connectivity index (χ0v) is 13.8. The number of ether oxygens (including phenoxy) is 2. The van der Waals surface area contributed by atoms with E-state index in [1.54, 1.807) is 24.3 Å². The minimum Gasteiger partial charge on any atom is -0.492 e. The lowest BCUT2D eigenvalue weighted by molar-refractivity contribution is -0.126. The van der Waals surface area contributed by atoms with Gasteiger partial charge in [0.15, 0.2) is 0 Å². The molecule has 1 fully saturated rings. The van der Waals surface area contributed by atoms with Gasteiger partial charge in [0.1, 0.15) is 12.4 Å². The van der Waals surface area contributed by atoms with Crippen molar-refractivity contribution in [1.82, 2.24) is 10.2 Å². The Bertz CT molecular complexity index is 471. The first-order valence-electron chi connectivity index (χ1n) is 7.56. The molecule has 1 aromatic carbocycles. The Kier molecular flexibility index (Phi) is 6.49. The number of hydrogen-bond acceptors (Lipinski definition) is 4. The van der Waals surface area contributed by atoms with E-state index >= 15 is 0 Å². The summed E-state index contributed by atoms with van der Waals surface area (Å²) in [6.45, 7) is 6.96. The first-order chi connectivity index (χ1) is 10.5. The van der Waals surface area contributed by atoms with E-state index in [1.165, 1.54) is 0 Å². The average Bonchev–Trinajstić information content (AvgIpc) is 2.44. The van der Waals surface area contributed by atoms with Crippen LogP contribution in [0.25, 0.3) is 0 Å². The van der Waals surface area contributed by atoms with Gasteiger partial charge in [-0.15, -0.1) is 0 Å². The summed E-state index contributed by atoms with van der Waals surface area (Å²) in [7, 11) is 0. The van der Waals surface area contributed by atoms with Gasteiger partial charge in [0.25, 0.3) is 0 Å². The highest BCUT2D eigenvalue weighted by molar-refractivity contribution is 6.30. The fraction of sp³-hybridized carbons (Fsp3) is 0.562. The minimum atomic E-state index is 0.0148. The molecule has 1 saturated heterocycles. The maximum Gasteiger partial charge on any atom is 0.234 e. The van der Waals surface area contributed by atoms with Crippen molar-refractivity contribution in [2.75, 3.05) is 32.8 Å². The number of carbonyl (C=O) groups excluding carboxylic acids is 1. The molecule has 1 amide bonds. The van der Waals surface area contributed by atoms with Crippen LogP contribution in [-0.4, -0.2) is 55.8 Å². The Morgan fingerprint density at radius 3 is 2.59 bits per heavy atom. The smallest absolute Gasteiger partial charge is 0.234 e. The Hall–Kier alpha value is -1.30. The van der Waals surface area contributed by atoms with Crippen LogP contribution in [0.2, 0.25) is 5.02 Å². The standard InChI is InChI=1S/C16H23ClN2O3/c1-12-9-19(10-13(2)22-12)11-16(20)18-7-8-21-15-5-3-14(17)4-6-15/h3-6,12-13H,7-11H2,1-2H3,(H,18,20)/t12-,13-/m0/s1. The molecule has 2 atom stereocenters. The fourth-order valence-electron chi connectivity index (χ4n) is 2.56. The molecule has 0 unspecified atom stereocenters. The quantitative estimate of drug-likeness (QED) is 0.812. The molecule has 1 heterocycles. The van der Waals surface area contributed by atoms with Gasteiger partial charge in [-0.3, -0.25) is 9.69 Å². The fourth-order valence-corrected chi connectivity index (χ4v) is 2.69. The van der Waals surface area contributed by atoms with Gasteiger partial charge in [0.05, 0.1) is 25.3 Å². The number of amides is 1. The molecule has 1 aliphatic heterocycles. The van der Waals surface area contributed by atoms with Crippen LogP contribution in [0.4, 0.5) is 0 Å². The number of nitrogens with one attached hydrogen (secondary N) is 1. The number of halogens is 1. The summed E-state index contributed by atoms with van der Waals surface area (Å²) in [5, 5.41) is 3.54. The third-order valence-corrected chi connectivity index (χ3v) is 3.62. The molecule has 0 radical (unpaired) electrons. The van der Waals surface area contributed by atoms with E-state index in [0.717, 1.165) is 18.8 Å². The topological polar surface area (TPSA) is 50.8 Å². The van der Waals surface area contributed by atoms with Gasteiger partial charge < -0.3 is 14.8 Å². The van der Waals surface area contributed by atoms with Gasteiger partial charge in [0.2, 0.25) is 5.91 Å². The summed E-state index contributed by atoms with van der Waals surface area (Å²) < 4.78 is 11.2. The van der Waals surface area contributed by atoms with Crippen LogP contribution in [0.3, 0.4) is 0 Å². The lowest BCUT2D eigenvalue weighted by Gasteiger charge is -2.34. The molecule has 1 aromatic rings. The van der Waals surface area contributed by atoms with Gasteiger partial charge in [-0.2, -0.15) is 0 Å². The molecule has 122 valence electrons. The third-order valence-electron chi connectivity index (χ3n) is 3.37. The number of morpholine rings is 1. The van der Waals surface area contributed by atoms with Crippen LogP contribution in [0.15, 0.2) is 24.3 Å².